The van der Waals surface area contributed by atoms with Gasteiger partial charge in [-0.05, 0) is 66.3 Å². The number of likely N-dealkylation sites (N-methyl/N-ethyl adjacent to an activating group) is 2. The maximum absolute atomic E-state index is 2.79. The van der Waals surface area contributed by atoms with Crippen LogP contribution in [-0.2, 0) is 0 Å². The maximum Gasteiger partial charge on any atom is 0.0350 e. The minimum Gasteiger partial charge on any atom is -0.308 e. The third-order valence-electron chi connectivity index (χ3n) is 5.58. The normalized spacial score (nSPS) is 27.1. The molecule has 0 N–H and O–H groups in total. The molecule has 4 nitrogen and oxygen atoms in total. The fraction of sp³-hybridized carbons (Fsp3) is 1.00. The molecule has 130 valence electrons. The molecule has 0 aromatic rings. The third kappa shape index (κ3) is 5.19. The summed E-state index contributed by atoms with van der Waals surface area (Å²) in [6, 6.07) is 1.43. The minimum absolute atomic E-state index is 0.715. The number of hydrogen-bond acceptors (Lipinski definition) is 4. The van der Waals surface area contributed by atoms with Gasteiger partial charge in [-0.3, -0.25) is 4.90 Å². The predicted octanol–water partition coefficient (Wildman–Crippen LogP) is 1.67. The van der Waals surface area contributed by atoms with Gasteiger partial charge in [0, 0.05) is 44.8 Å². The molecule has 22 heavy (non-hydrogen) atoms. The van der Waals surface area contributed by atoms with Gasteiger partial charge in [-0.25, -0.2) is 0 Å². The highest BCUT2D eigenvalue weighted by Gasteiger charge is 2.30. The summed E-state index contributed by atoms with van der Waals surface area (Å²) in [4.78, 5) is 10.4. The number of piperazine rings is 1. The predicted molar refractivity (Wildman–Crippen MR) is 95.5 cm³/mol. The first-order chi connectivity index (χ1) is 10.5. The topological polar surface area (TPSA) is 13.0 Å². The lowest BCUT2D eigenvalue weighted by molar-refractivity contribution is 0.0375. The van der Waals surface area contributed by atoms with Crippen molar-refractivity contribution in [2.24, 2.45) is 5.92 Å². The SMILES string of the molecule is CCN1CCN(CC2CCN(C(C)C)CC2)[C@H](CN(C)C)C1. The molecular weight excluding hydrogens is 272 g/mol. The zero-order chi connectivity index (χ0) is 16.1. The Bertz CT molecular complexity index is 310. The van der Waals surface area contributed by atoms with Crippen molar-refractivity contribution in [3.05, 3.63) is 0 Å². The van der Waals surface area contributed by atoms with Crippen LogP contribution in [0.15, 0.2) is 0 Å². The minimum atomic E-state index is 0.715. The zero-order valence-electron chi connectivity index (χ0n) is 15.6. The van der Waals surface area contributed by atoms with Gasteiger partial charge < -0.3 is 14.7 Å². The van der Waals surface area contributed by atoms with Crippen LogP contribution in [0.4, 0.5) is 0 Å². The molecule has 2 saturated heterocycles. The van der Waals surface area contributed by atoms with Gasteiger partial charge in [-0.1, -0.05) is 6.92 Å². The quantitative estimate of drug-likeness (QED) is 0.740. The fourth-order valence-electron chi connectivity index (χ4n) is 4.06. The highest BCUT2D eigenvalue weighted by atomic mass is 15.3. The van der Waals surface area contributed by atoms with Gasteiger partial charge in [-0.2, -0.15) is 0 Å². The molecule has 0 bridgehead atoms. The molecule has 1 atom stereocenters. The lowest BCUT2D eigenvalue weighted by atomic mass is 9.94. The van der Waals surface area contributed by atoms with Gasteiger partial charge in [0.1, 0.15) is 0 Å². The highest BCUT2D eigenvalue weighted by molar-refractivity contribution is 4.86. The van der Waals surface area contributed by atoms with E-state index in [1.165, 1.54) is 65.2 Å². The highest BCUT2D eigenvalue weighted by Crippen LogP contribution is 2.22. The summed E-state index contributed by atoms with van der Waals surface area (Å²) >= 11 is 0. The maximum atomic E-state index is 2.79. The molecule has 0 aromatic heterocycles. The van der Waals surface area contributed by atoms with Gasteiger partial charge in [0.2, 0.25) is 0 Å². The molecule has 2 heterocycles. The van der Waals surface area contributed by atoms with E-state index in [1.54, 1.807) is 0 Å². The van der Waals surface area contributed by atoms with E-state index in [9.17, 15) is 0 Å². The van der Waals surface area contributed by atoms with Gasteiger partial charge in [0.25, 0.3) is 0 Å². The molecule has 0 aromatic carbocycles. The molecule has 2 aliphatic rings. The number of piperidine rings is 1. The number of nitrogens with zero attached hydrogens (tertiary/aromatic N) is 4. The molecule has 0 aliphatic carbocycles. The Hall–Kier alpha value is -0.160. The van der Waals surface area contributed by atoms with Crippen molar-refractivity contribution >= 4 is 0 Å². The van der Waals surface area contributed by atoms with E-state index in [0.717, 1.165) is 12.0 Å². The summed E-state index contributed by atoms with van der Waals surface area (Å²) in [5.74, 6) is 0.910. The average molecular weight is 311 g/mol. The van der Waals surface area contributed by atoms with Crippen molar-refractivity contribution < 1.29 is 0 Å². The first-order valence-corrected chi connectivity index (χ1v) is 9.34. The Morgan fingerprint density at radius 3 is 2.27 bits per heavy atom. The molecule has 4 heteroatoms. The van der Waals surface area contributed by atoms with E-state index in [0.29, 0.717) is 6.04 Å². The molecule has 0 spiro atoms. The van der Waals surface area contributed by atoms with E-state index < -0.39 is 0 Å². The van der Waals surface area contributed by atoms with Crippen molar-refractivity contribution in [3.8, 4) is 0 Å². The Labute approximate surface area is 138 Å². The lowest BCUT2D eigenvalue weighted by Gasteiger charge is -2.44. The smallest absolute Gasteiger partial charge is 0.0350 e. The molecular formula is C18H38N4. The molecule has 0 unspecified atom stereocenters. The second-order valence-electron chi connectivity index (χ2n) is 7.88. The molecule has 0 radical (unpaired) electrons. The summed E-state index contributed by atoms with van der Waals surface area (Å²) in [5, 5.41) is 0. The van der Waals surface area contributed by atoms with Gasteiger partial charge in [0.05, 0.1) is 0 Å². The van der Waals surface area contributed by atoms with E-state index in [-0.39, 0.29) is 0 Å². The van der Waals surface area contributed by atoms with Crippen LogP contribution in [0.1, 0.15) is 33.6 Å². The van der Waals surface area contributed by atoms with E-state index in [4.69, 9.17) is 0 Å². The first kappa shape index (κ1) is 18.2. The second kappa shape index (κ2) is 8.62. The van der Waals surface area contributed by atoms with Crippen molar-refractivity contribution in [1.82, 2.24) is 19.6 Å². The summed E-state index contributed by atoms with van der Waals surface area (Å²) < 4.78 is 0. The lowest BCUT2D eigenvalue weighted by Crippen LogP contribution is -2.57. The summed E-state index contributed by atoms with van der Waals surface area (Å²) in [7, 11) is 4.42. The van der Waals surface area contributed by atoms with Crippen LogP contribution < -0.4 is 0 Å². The Kier molecular flexibility index (Phi) is 7.13. The third-order valence-corrected chi connectivity index (χ3v) is 5.58. The van der Waals surface area contributed by atoms with Crippen LogP contribution >= 0.6 is 0 Å². The Morgan fingerprint density at radius 1 is 1.05 bits per heavy atom. The Balaban J connectivity index is 1.84. The van der Waals surface area contributed by atoms with Crippen LogP contribution in [0.3, 0.4) is 0 Å². The average Bonchev–Trinajstić information content (AvgIpc) is 2.49. The van der Waals surface area contributed by atoms with Crippen LogP contribution in [0, 0.1) is 5.92 Å². The summed E-state index contributed by atoms with van der Waals surface area (Å²) in [6.07, 6.45) is 2.78. The first-order valence-electron chi connectivity index (χ1n) is 9.34. The fourth-order valence-corrected chi connectivity index (χ4v) is 4.06. The van der Waals surface area contributed by atoms with Crippen molar-refractivity contribution in [1.29, 1.82) is 0 Å². The summed E-state index contributed by atoms with van der Waals surface area (Å²) in [5.41, 5.74) is 0. The molecule has 2 rings (SSSR count). The van der Waals surface area contributed by atoms with Crippen LogP contribution in [-0.4, -0.2) is 98.1 Å². The van der Waals surface area contributed by atoms with Gasteiger partial charge in [0.15, 0.2) is 0 Å². The van der Waals surface area contributed by atoms with Crippen molar-refractivity contribution in [3.63, 3.8) is 0 Å². The largest absolute Gasteiger partial charge is 0.308 e. The molecule has 2 fully saturated rings. The van der Waals surface area contributed by atoms with Crippen molar-refractivity contribution in [2.75, 3.05) is 66.5 Å². The monoisotopic (exact) mass is 310 g/mol. The van der Waals surface area contributed by atoms with Gasteiger partial charge in [-0.15, -0.1) is 0 Å². The molecule has 0 amide bonds. The van der Waals surface area contributed by atoms with E-state index in [2.05, 4.69) is 54.5 Å². The van der Waals surface area contributed by atoms with Gasteiger partial charge >= 0.3 is 0 Å². The molecule has 2 aliphatic heterocycles. The van der Waals surface area contributed by atoms with E-state index >= 15 is 0 Å². The standard InChI is InChI=1S/C18H38N4/c1-6-20-11-12-22(18(15-20)14-19(4)5)13-17-7-9-21(10-8-17)16(2)3/h16-18H,6-15H2,1-5H3/t18-/m1/s1. The summed E-state index contributed by atoms with van der Waals surface area (Å²) in [6.45, 7) is 17.0. The van der Waals surface area contributed by atoms with Crippen molar-refractivity contribution in [2.45, 2.75) is 45.7 Å². The Morgan fingerprint density at radius 2 is 1.73 bits per heavy atom. The second-order valence-corrected chi connectivity index (χ2v) is 7.88. The number of likely N-dealkylation sites (tertiary alicyclic amines) is 1. The molecule has 0 saturated carbocycles. The van der Waals surface area contributed by atoms with Crippen LogP contribution in [0.2, 0.25) is 0 Å². The van der Waals surface area contributed by atoms with Crippen LogP contribution in [0.5, 0.6) is 0 Å². The zero-order valence-corrected chi connectivity index (χ0v) is 15.6. The number of rotatable bonds is 6. The van der Waals surface area contributed by atoms with E-state index in [1.807, 2.05) is 0 Å². The number of hydrogen-bond donors (Lipinski definition) is 0. The van der Waals surface area contributed by atoms with Crippen LogP contribution in [0.25, 0.3) is 0 Å².